The minimum absolute atomic E-state index is 0.518. The number of hydrogen-bond acceptors (Lipinski definition) is 3. The van der Waals surface area contributed by atoms with E-state index >= 15 is 0 Å². The molecular formula is C14H22N2O. The normalized spacial score (nSPS) is 18.2. The van der Waals surface area contributed by atoms with Crippen LogP contribution in [0.25, 0.3) is 0 Å². The van der Waals surface area contributed by atoms with Gasteiger partial charge in [-0.1, -0.05) is 25.1 Å². The molecule has 1 aromatic rings. The highest BCUT2D eigenvalue weighted by Crippen LogP contribution is 2.33. The molecule has 1 aliphatic rings. The van der Waals surface area contributed by atoms with E-state index in [1.54, 1.807) is 0 Å². The lowest BCUT2D eigenvalue weighted by atomic mass is 10.0. The minimum Gasteiger partial charge on any atom is -0.493 e. The van der Waals surface area contributed by atoms with E-state index in [-0.39, 0.29) is 0 Å². The second kappa shape index (κ2) is 6.03. The van der Waals surface area contributed by atoms with Crippen molar-refractivity contribution < 1.29 is 4.74 Å². The van der Waals surface area contributed by atoms with Crippen molar-refractivity contribution in [1.82, 2.24) is 4.90 Å². The average molecular weight is 234 g/mol. The van der Waals surface area contributed by atoms with Crippen LogP contribution in [0.1, 0.15) is 24.8 Å². The van der Waals surface area contributed by atoms with Gasteiger partial charge in [-0.25, -0.2) is 0 Å². The van der Waals surface area contributed by atoms with Crippen LogP contribution in [0.2, 0.25) is 0 Å². The molecule has 2 N–H and O–H groups in total. The van der Waals surface area contributed by atoms with Gasteiger partial charge in [0.25, 0.3) is 0 Å². The molecular weight excluding hydrogens is 212 g/mol. The third-order valence-corrected chi connectivity index (χ3v) is 3.40. The van der Waals surface area contributed by atoms with Crippen LogP contribution < -0.4 is 10.5 Å². The van der Waals surface area contributed by atoms with Gasteiger partial charge >= 0.3 is 0 Å². The van der Waals surface area contributed by atoms with Crippen molar-refractivity contribution >= 4 is 0 Å². The molecule has 0 spiro atoms. The van der Waals surface area contributed by atoms with Crippen LogP contribution in [0.5, 0.6) is 5.75 Å². The summed E-state index contributed by atoms with van der Waals surface area (Å²) in [6.07, 6.45) is 1.07. The van der Waals surface area contributed by atoms with E-state index in [1.807, 2.05) is 6.07 Å². The fourth-order valence-electron chi connectivity index (χ4n) is 2.39. The Kier molecular flexibility index (Phi) is 4.40. The Bertz CT molecular complexity index is 354. The van der Waals surface area contributed by atoms with E-state index in [9.17, 15) is 0 Å². The van der Waals surface area contributed by atoms with Gasteiger partial charge in [-0.05, 0) is 32.1 Å². The number of nitrogens with two attached hydrogens (primary N) is 1. The molecule has 2 rings (SSSR count). The van der Waals surface area contributed by atoms with Crippen molar-refractivity contribution in [2.45, 2.75) is 19.3 Å². The summed E-state index contributed by atoms with van der Waals surface area (Å²) in [5.74, 6) is 1.58. The highest BCUT2D eigenvalue weighted by atomic mass is 16.5. The van der Waals surface area contributed by atoms with Gasteiger partial charge in [-0.3, -0.25) is 0 Å². The second-order valence-electron chi connectivity index (χ2n) is 4.58. The van der Waals surface area contributed by atoms with Crippen LogP contribution in [-0.4, -0.2) is 37.7 Å². The van der Waals surface area contributed by atoms with Crippen molar-refractivity contribution in [3.05, 3.63) is 29.8 Å². The third kappa shape index (κ3) is 2.99. The molecule has 1 heterocycles. The van der Waals surface area contributed by atoms with E-state index in [1.165, 1.54) is 5.56 Å². The molecule has 0 saturated heterocycles. The monoisotopic (exact) mass is 234 g/mol. The zero-order valence-corrected chi connectivity index (χ0v) is 10.6. The Labute approximate surface area is 104 Å². The summed E-state index contributed by atoms with van der Waals surface area (Å²) in [5.41, 5.74) is 6.92. The first kappa shape index (κ1) is 12.4. The fraction of sp³-hybridized carbons (Fsp3) is 0.571. The molecule has 3 nitrogen and oxygen atoms in total. The topological polar surface area (TPSA) is 38.5 Å². The number of para-hydroxylation sites is 1. The number of benzene rings is 1. The number of likely N-dealkylation sites (N-methyl/N-ethyl adjacent to an activating group) is 1. The van der Waals surface area contributed by atoms with Crippen LogP contribution in [0.4, 0.5) is 0 Å². The molecule has 0 radical (unpaired) electrons. The molecule has 1 aliphatic heterocycles. The van der Waals surface area contributed by atoms with Crippen LogP contribution >= 0.6 is 0 Å². The zero-order valence-electron chi connectivity index (χ0n) is 10.6. The predicted molar refractivity (Wildman–Crippen MR) is 70.5 cm³/mol. The predicted octanol–water partition coefficient (Wildman–Crippen LogP) is 1.83. The van der Waals surface area contributed by atoms with Gasteiger partial charge in [0.05, 0.1) is 6.61 Å². The highest BCUT2D eigenvalue weighted by Gasteiger charge is 2.24. The van der Waals surface area contributed by atoms with Crippen molar-refractivity contribution in [2.75, 3.05) is 32.8 Å². The van der Waals surface area contributed by atoms with Gasteiger partial charge < -0.3 is 15.4 Å². The molecule has 0 aliphatic carbocycles. The van der Waals surface area contributed by atoms with Gasteiger partial charge in [0, 0.05) is 18.0 Å². The molecule has 0 aromatic heterocycles. The Hall–Kier alpha value is -1.06. The maximum absolute atomic E-state index is 5.71. The maximum Gasteiger partial charge on any atom is 0.122 e. The van der Waals surface area contributed by atoms with Gasteiger partial charge in [0.1, 0.15) is 5.75 Å². The molecule has 1 atom stereocenters. The van der Waals surface area contributed by atoms with E-state index in [0.29, 0.717) is 5.92 Å². The quantitative estimate of drug-likeness (QED) is 0.816. The lowest BCUT2D eigenvalue weighted by Crippen LogP contribution is -2.31. The third-order valence-electron chi connectivity index (χ3n) is 3.40. The van der Waals surface area contributed by atoms with Crippen LogP contribution in [-0.2, 0) is 0 Å². The van der Waals surface area contributed by atoms with E-state index in [4.69, 9.17) is 10.5 Å². The number of nitrogens with zero attached hydrogens (tertiary/aromatic N) is 1. The first-order valence-corrected chi connectivity index (χ1v) is 6.49. The van der Waals surface area contributed by atoms with E-state index < -0.39 is 0 Å². The Balaban J connectivity index is 1.95. The molecule has 0 saturated carbocycles. The number of rotatable bonds is 6. The summed E-state index contributed by atoms with van der Waals surface area (Å²) in [4.78, 5) is 2.46. The fourth-order valence-corrected chi connectivity index (χ4v) is 2.39. The summed E-state index contributed by atoms with van der Waals surface area (Å²) < 4.78 is 5.71. The summed E-state index contributed by atoms with van der Waals surface area (Å²) >= 11 is 0. The number of ether oxygens (including phenoxy) is 1. The first-order valence-electron chi connectivity index (χ1n) is 6.49. The number of hydrogen-bond donors (Lipinski definition) is 1. The minimum atomic E-state index is 0.518. The summed E-state index contributed by atoms with van der Waals surface area (Å²) in [6, 6.07) is 8.37. The Morgan fingerprint density at radius 2 is 2.24 bits per heavy atom. The highest BCUT2D eigenvalue weighted by molar-refractivity contribution is 5.39. The maximum atomic E-state index is 5.71. The molecule has 3 heteroatoms. The van der Waals surface area contributed by atoms with Gasteiger partial charge in [-0.15, -0.1) is 0 Å². The Morgan fingerprint density at radius 3 is 3.00 bits per heavy atom. The van der Waals surface area contributed by atoms with Gasteiger partial charge in [0.15, 0.2) is 0 Å². The van der Waals surface area contributed by atoms with Crippen LogP contribution in [0, 0.1) is 0 Å². The first-order chi connectivity index (χ1) is 8.35. The van der Waals surface area contributed by atoms with E-state index in [0.717, 1.165) is 45.0 Å². The summed E-state index contributed by atoms with van der Waals surface area (Å²) in [6.45, 7) is 7.04. The molecule has 0 fully saturated rings. The van der Waals surface area contributed by atoms with Crippen LogP contribution in [0.15, 0.2) is 24.3 Å². The molecule has 1 unspecified atom stereocenters. The van der Waals surface area contributed by atoms with Gasteiger partial charge in [0.2, 0.25) is 0 Å². The molecule has 1 aromatic carbocycles. The smallest absolute Gasteiger partial charge is 0.122 e. The van der Waals surface area contributed by atoms with Crippen LogP contribution in [0.3, 0.4) is 0 Å². The van der Waals surface area contributed by atoms with Crippen molar-refractivity contribution in [3.63, 3.8) is 0 Å². The SMILES string of the molecule is CCN(CCCN)CC1COc2ccccc21. The van der Waals surface area contributed by atoms with Crippen molar-refractivity contribution in [3.8, 4) is 5.75 Å². The summed E-state index contributed by atoms with van der Waals surface area (Å²) in [5, 5.41) is 0. The largest absolute Gasteiger partial charge is 0.493 e. The summed E-state index contributed by atoms with van der Waals surface area (Å²) in [7, 11) is 0. The lowest BCUT2D eigenvalue weighted by Gasteiger charge is -2.23. The number of fused-ring (bicyclic) bond motifs is 1. The lowest BCUT2D eigenvalue weighted by molar-refractivity contribution is 0.240. The Morgan fingerprint density at radius 1 is 1.41 bits per heavy atom. The van der Waals surface area contributed by atoms with E-state index in [2.05, 4.69) is 30.0 Å². The van der Waals surface area contributed by atoms with Crippen molar-refractivity contribution in [2.24, 2.45) is 5.73 Å². The molecule has 94 valence electrons. The van der Waals surface area contributed by atoms with Gasteiger partial charge in [-0.2, -0.15) is 0 Å². The average Bonchev–Trinajstić information content (AvgIpc) is 2.78. The standard InChI is InChI=1S/C14H22N2O/c1-2-16(9-5-8-15)10-12-11-17-14-7-4-3-6-13(12)14/h3-4,6-7,12H,2,5,8-11,15H2,1H3. The van der Waals surface area contributed by atoms with Crippen molar-refractivity contribution in [1.29, 1.82) is 0 Å². The molecule has 0 bridgehead atoms. The zero-order chi connectivity index (χ0) is 12.1. The molecule has 17 heavy (non-hydrogen) atoms. The second-order valence-corrected chi connectivity index (χ2v) is 4.58. The molecule has 0 amide bonds.